The van der Waals surface area contributed by atoms with Crippen molar-refractivity contribution in [2.75, 3.05) is 0 Å². The summed E-state index contributed by atoms with van der Waals surface area (Å²) in [6.07, 6.45) is 3.16. The molecule has 0 fully saturated rings. The maximum absolute atomic E-state index is 9.93. The minimum absolute atomic E-state index is 0.0200. The second kappa shape index (κ2) is 5.65. The molecule has 0 saturated heterocycles. The molecule has 0 unspecified atom stereocenters. The first-order valence-corrected chi connectivity index (χ1v) is 6.45. The van der Waals surface area contributed by atoms with Crippen LogP contribution in [-0.4, -0.2) is 15.3 Å². The summed E-state index contributed by atoms with van der Waals surface area (Å²) in [4.78, 5) is 0. The minimum atomic E-state index is -0.0200. The zero-order valence-corrected chi connectivity index (χ0v) is 10.9. The van der Waals surface area contributed by atoms with Crippen molar-refractivity contribution in [3.63, 3.8) is 0 Å². The second-order valence-electron chi connectivity index (χ2n) is 4.69. The van der Waals surface area contributed by atoms with E-state index in [1.165, 1.54) is 18.2 Å². The van der Waals surface area contributed by atoms with E-state index in [2.05, 4.69) is 6.92 Å². The van der Waals surface area contributed by atoms with E-state index in [-0.39, 0.29) is 17.2 Å². The van der Waals surface area contributed by atoms with Crippen LogP contribution in [0, 0.1) is 0 Å². The summed E-state index contributed by atoms with van der Waals surface area (Å²) in [5, 5.41) is 29.0. The van der Waals surface area contributed by atoms with E-state index in [9.17, 15) is 15.3 Å². The van der Waals surface area contributed by atoms with Gasteiger partial charge in [-0.05, 0) is 48.2 Å². The maximum atomic E-state index is 9.93. The molecule has 0 bridgehead atoms. The molecule has 19 heavy (non-hydrogen) atoms. The van der Waals surface area contributed by atoms with Gasteiger partial charge in [0.25, 0.3) is 0 Å². The fourth-order valence-corrected chi connectivity index (χ4v) is 2.10. The van der Waals surface area contributed by atoms with Gasteiger partial charge in [-0.15, -0.1) is 0 Å². The fraction of sp³-hybridized carbons (Fsp3) is 0.250. The molecular formula is C16H18O3. The van der Waals surface area contributed by atoms with Gasteiger partial charge in [-0.25, -0.2) is 0 Å². The third kappa shape index (κ3) is 3.19. The predicted octanol–water partition coefficient (Wildman–Crippen LogP) is 3.81. The summed E-state index contributed by atoms with van der Waals surface area (Å²) in [5.41, 5.74) is 2.37. The molecule has 0 amide bonds. The van der Waals surface area contributed by atoms with Crippen LogP contribution in [0.15, 0.2) is 36.4 Å². The normalized spacial score (nSPS) is 10.6. The molecule has 2 aromatic rings. The van der Waals surface area contributed by atoms with Crippen molar-refractivity contribution in [1.82, 2.24) is 0 Å². The summed E-state index contributed by atoms with van der Waals surface area (Å²) in [7, 11) is 0. The monoisotopic (exact) mass is 258 g/mol. The Kier molecular flexibility index (Phi) is 3.95. The number of hydrogen-bond acceptors (Lipinski definition) is 3. The number of unbranched alkanes of at least 4 members (excludes halogenated alkanes) is 1. The molecule has 0 aliphatic carbocycles. The minimum Gasteiger partial charge on any atom is -0.508 e. The molecule has 0 heterocycles. The summed E-state index contributed by atoms with van der Waals surface area (Å²) in [6.45, 7) is 2.13. The van der Waals surface area contributed by atoms with Crippen LogP contribution in [0.2, 0.25) is 0 Å². The lowest BCUT2D eigenvalue weighted by atomic mass is 9.99. The van der Waals surface area contributed by atoms with Crippen LogP contribution in [0.5, 0.6) is 17.2 Å². The van der Waals surface area contributed by atoms with Gasteiger partial charge in [-0.2, -0.15) is 0 Å². The van der Waals surface area contributed by atoms with Crippen molar-refractivity contribution in [1.29, 1.82) is 0 Å². The number of benzene rings is 2. The first kappa shape index (κ1) is 13.3. The van der Waals surface area contributed by atoms with E-state index < -0.39 is 0 Å². The number of phenols is 3. The largest absolute Gasteiger partial charge is 0.508 e. The highest BCUT2D eigenvalue weighted by Gasteiger charge is 2.08. The van der Waals surface area contributed by atoms with Gasteiger partial charge in [0, 0.05) is 11.6 Å². The van der Waals surface area contributed by atoms with Crippen LogP contribution < -0.4 is 0 Å². The Morgan fingerprint density at radius 1 is 0.895 bits per heavy atom. The third-order valence-electron chi connectivity index (χ3n) is 3.09. The summed E-state index contributed by atoms with van der Waals surface area (Å²) in [6, 6.07) is 9.77. The Labute approximate surface area is 112 Å². The third-order valence-corrected chi connectivity index (χ3v) is 3.09. The SMILES string of the molecule is CCCCc1ccc(O)c(-c2cc(O)cc(O)c2)c1. The van der Waals surface area contributed by atoms with E-state index >= 15 is 0 Å². The molecule has 0 atom stereocenters. The van der Waals surface area contributed by atoms with Crippen LogP contribution in [0.4, 0.5) is 0 Å². The van der Waals surface area contributed by atoms with Gasteiger partial charge in [-0.1, -0.05) is 19.4 Å². The average Bonchev–Trinajstić information content (AvgIpc) is 2.36. The Balaban J connectivity index is 2.42. The highest BCUT2D eigenvalue weighted by Crippen LogP contribution is 2.34. The van der Waals surface area contributed by atoms with Gasteiger partial charge in [0.15, 0.2) is 0 Å². The molecule has 3 heteroatoms. The highest BCUT2D eigenvalue weighted by atomic mass is 16.3. The molecule has 0 spiro atoms. The Hall–Kier alpha value is -2.16. The molecule has 0 aromatic heterocycles. The summed E-state index contributed by atoms with van der Waals surface area (Å²) < 4.78 is 0. The molecular weight excluding hydrogens is 240 g/mol. The number of hydrogen-bond donors (Lipinski definition) is 3. The predicted molar refractivity (Wildman–Crippen MR) is 75.5 cm³/mol. The zero-order chi connectivity index (χ0) is 13.8. The molecule has 0 aliphatic heterocycles. The number of aromatic hydroxyl groups is 3. The van der Waals surface area contributed by atoms with Crippen molar-refractivity contribution < 1.29 is 15.3 Å². The lowest BCUT2D eigenvalue weighted by Gasteiger charge is -2.09. The van der Waals surface area contributed by atoms with Crippen molar-refractivity contribution >= 4 is 0 Å². The molecule has 100 valence electrons. The Morgan fingerprint density at radius 2 is 1.58 bits per heavy atom. The van der Waals surface area contributed by atoms with Crippen LogP contribution >= 0.6 is 0 Å². The van der Waals surface area contributed by atoms with Gasteiger partial charge in [-0.3, -0.25) is 0 Å². The highest BCUT2D eigenvalue weighted by molar-refractivity contribution is 5.73. The number of rotatable bonds is 4. The number of aryl methyl sites for hydroxylation is 1. The summed E-state index contributed by atoms with van der Waals surface area (Å²) in [5.74, 6) is 0.104. The first-order valence-electron chi connectivity index (χ1n) is 6.45. The number of phenolic OH excluding ortho intramolecular Hbond substituents is 3. The molecule has 0 saturated carbocycles. The van der Waals surface area contributed by atoms with E-state index in [1.807, 2.05) is 12.1 Å². The van der Waals surface area contributed by atoms with Crippen LogP contribution in [0.1, 0.15) is 25.3 Å². The van der Waals surface area contributed by atoms with Crippen LogP contribution in [0.25, 0.3) is 11.1 Å². The van der Waals surface area contributed by atoms with Gasteiger partial charge < -0.3 is 15.3 Å². The first-order chi connectivity index (χ1) is 9.10. The smallest absolute Gasteiger partial charge is 0.123 e. The fourth-order valence-electron chi connectivity index (χ4n) is 2.10. The molecule has 0 aliphatic rings. The molecule has 3 N–H and O–H groups in total. The van der Waals surface area contributed by atoms with E-state index in [0.717, 1.165) is 24.8 Å². The Bertz CT molecular complexity index is 556. The van der Waals surface area contributed by atoms with E-state index in [0.29, 0.717) is 11.1 Å². The maximum Gasteiger partial charge on any atom is 0.123 e. The average molecular weight is 258 g/mol. The van der Waals surface area contributed by atoms with Crippen molar-refractivity contribution in [2.45, 2.75) is 26.2 Å². The van der Waals surface area contributed by atoms with Gasteiger partial charge in [0.05, 0.1) is 0 Å². The molecule has 2 aromatic carbocycles. The molecule has 2 rings (SSSR count). The van der Waals surface area contributed by atoms with E-state index in [4.69, 9.17) is 0 Å². The van der Waals surface area contributed by atoms with Crippen LogP contribution in [-0.2, 0) is 6.42 Å². The lowest BCUT2D eigenvalue weighted by molar-refractivity contribution is 0.451. The standard InChI is InChI=1S/C16H18O3/c1-2-3-4-11-5-6-16(19)15(7-11)12-8-13(17)10-14(18)9-12/h5-10,17-19H,2-4H2,1H3. The topological polar surface area (TPSA) is 60.7 Å². The Morgan fingerprint density at radius 3 is 2.21 bits per heavy atom. The van der Waals surface area contributed by atoms with E-state index in [1.54, 1.807) is 6.07 Å². The lowest BCUT2D eigenvalue weighted by Crippen LogP contribution is -1.87. The quantitative estimate of drug-likeness (QED) is 0.781. The molecule has 3 nitrogen and oxygen atoms in total. The van der Waals surface area contributed by atoms with Crippen LogP contribution in [0.3, 0.4) is 0 Å². The van der Waals surface area contributed by atoms with Crippen molar-refractivity contribution in [2.24, 2.45) is 0 Å². The van der Waals surface area contributed by atoms with Crippen molar-refractivity contribution in [3.05, 3.63) is 42.0 Å². The van der Waals surface area contributed by atoms with Gasteiger partial charge in [0.1, 0.15) is 17.2 Å². The zero-order valence-electron chi connectivity index (χ0n) is 10.9. The van der Waals surface area contributed by atoms with Crippen molar-refractivity contribution in [3.8, 4) is 28.4 Å². The summed E-state index contributed by atoms with van der Waals surface area (Å²) >= 11 is 0. The molecule has 0 radical (unpaired) electrons. The van der Waals surface area contributed by atoms with Gasteiger partial charge >= 0.3 is 0 Å². The second-order valence-corrected chi connectivity index (χ2v) is 4.69. The van der Waals surface area contributed by atoms with Gasteiger partial charge in [0.2, 0.25) is 0 Å².